The van der Waals surface area contributed by atoms with Crippen molar-refractivity contribution in [1.29, 1.82) is 0 Å². The third-order valence-corrected chi connectivity index (χ3v) is 8.98. The predicted molar refractivity (Wildman–Crippen MR) is 204 cm³/mol. The number of nitrogens with one attached hydrogen (secondary N) is 5. The lowest BCUT2D eigenvalue weighted by Gasteiger charge is -2.34. The monoisotopic (exact) mass is 809 g/mol. The summed E-state index contributed by atoms with van der Waals surface area (Å²) in [5.41, 5.74) is 0. The molecule has 0 aromatic heterocycles. The Kier molecular flexibility index (Phi) is 18.5. The minimum Gasteiger partial charge on any atom is -0.345 e. The zero-order valence-corrected chi connectivity index (χ0v) is 35.0. The minimum absolute atomic E-state index is 0.00352. The van der Waals surface area contributed by atoms with Crippen LogP contribution in [0.4, 0.5) is 24.0 Å². The zero-order chi connectivity index (χ0) is 44.2. The SMILES string of the molecule is CC(C)C[C@@H]1C(=O)N(C)C(=O)N(C)C(=O)N(C)C(=O)NC(=O)N(C)CC(=O)NCC(=O)NC(C(C)C)C(=O)N(C)[C@@H](CC(C)C)C(=O)N[C@H](C)C(=O)NC(=O)N1C. The molecule has 1 unspecified atom stereocenters. The maximum Gasteiger partial charge on any atom is 0.335 e. The first-order chi connectivity index (χ1) is 26.2. The Hall–Kier alpha value is -5.83. The fourth-order valence-electron chi connectivity index (χ4n) is 5.42. The number of urea groups is 5. The van der Waals surface area contributed by atoms with E-state index in [1.54, 1.807) is 27.7 Å². The molecule has 1 saturated heterocycles. The first-order valence-corrected chi connectivity index (χ1v) is 18.3. The van der Waals surface area contributed by atoms with Gasteiger partial charge in [-0.2, -0.15) is 0 Å². The van der Waals surface area contributed by atoms with Crippen LogP contribution in [-0.2, 0) is 28.8 Å². The zero-order valence-electron chi connectivity index (χ0n) is 35.0. The summed E-state index contributed by atoms with van der Waals surface area (Å²) in [6.45, 7) is 10.5. The fraction of sp³-hybridized carbons (Fsp3) is 0.686. The number of likely N-dealkylation sites (N-methyl/N-ethyl adjacent to an activating group) is 4. The normalized spacial score (nSPS) is 23.5. The third-order valence-electron chi connectivity index (χ3n) is 8.98. The second-order valence-corrected chi connectivity index (χ2v) is 15.1. The quantitative estimate of drug-likeness (QED) is 0.237. The Morgan fingerprint density at radius 3 is 1.61 bits per heavy atom. The first kappa shape index (κ1) is 49.2. The van der Waals surface area contributed by atoms with Crippen molar-refractivity contribution in [2.24, 2.45) is 17.8 Å². The van der Waals surface area contributed by atoms with Crippen LogP contribution in [0.5, 0.6) is 0 Å². The molecule has 0 aromatic carbocycles. The van der Waals surface area contributed by atoms with Crippen molar-refractivity contribution in [3.05, 3.63) is 0 Å². The molecule has 1 heterocycles. The van der Waals surface area contributed by atoms with Crippen molar-refractivity contribution in [3.8, 4) is 0 Å². The molecule has 1 rings (SSSR count). The highest BCUT2D eigenvalue weighted by atomic mass is 16.2. The summed E-state index contributed by atoms with van der Waals surface area (Å²) >= 11 is 0. The molecule has 57 heavy (non-hydrogen) atoms. The van der Waals surface area contributed by atoms with E-state index in [0.717, 1.165) is 42.9 Å². The number of hydrogen-bond acceptors (Lipinski definition) is 11. The van der Waals surface area contributed by atoms with E-state index in [4.69, 9.17) is 0 Å². The van der Waals surface area contributed by atoms with Gasteiger partial charge >= 0.3 is 30.2 Å². The topological polar surface area (TPSA) is 267 Å². The van der Waals surface area contributed by atoms with E-state index in [-0.39, 0.29) is 24.7 Å². The number of amides is 16. The summed E-state index contributed by atoms with van der Waals surface area (Å²) in [5, 5.41) is 11.4. The molecule has 0 saturated carbocycles. The maximum atomic E-state index is 13.8. The van der Waals surface area contributed by atoms with Gasteiger partial charge in [0.05, 0.1) is 6.54 Å². The van der Waals surface area contributed by atoms with Crippen LogP contribution >= 0.6 is 0 Å². The summed E-state index contributed by atoms with van der Waals surface area (Å²) < 4.78 is 0. The van der Waals surface area contributed by atoms with Gasteiger partial charge in [0, 0.05) is 42.3 Å². The van der Waals surface area contributed by atoms with Gasteiger partial charge in [0.25, 0.3) is 5.91 Å². The van der Waals surface area contributed by atoms with Crippen molar-refractivity contribution >= 4 is 65.6 Å². The number of nitrogens with zero attached hydrogens (tertiary/aromatic N) is 6. The van der Waals surface area contributed by atoms with Crippen LogP contribution in [0, 0.1) is 17.8 Å². The van der Waals surface area contributed by atoms with Gasteiger partial charge in [-0.25, -0.2) is 33.8 Å². The van der Waals surface area contributed by atoms with E-state index in [1.165, 1.54) is 21.0 Å². The molecule has 16 amide bonds. The van der Waals surface area contributed by atoms with E-state index in [1.807, 2.05) is 19.2 Å². The van der Waals surface area contributed by atoms with Gasteiger partial charge in [0.1, 0.15) is 30.7 Å². The summed E-state index contributed by atoms with van der Waals surface area (Å²) in [7, 11) is 6.68. The molecule has 1 aliphatic heterocycles. The van der Waals surface area contributed by atoms with E-state index in [0.29, 0.717) is 14.7 Å². The molecule has 22 heteroatoms. The highest BCUT2D eigenvalue weighted by Gasteiger charge is 2.38. The summed E-state index contributed by atoms with van der Waals surface area (Å²) in [6.07, 6.45) is 0.150. The highest BCUT2D eigenvalue weighted by molar-refractivity contribution is 6.08. The van der Waals surface area contributed by atoms with E-state index in [2.05, 4.69) is 21.3 Å². The van der Waals surface area contributed by atoms with Gasteiger partial charge in [0.2, 0.25) is 29.5 Å². The average molecular weight is 810 g/mol. The van der Waals surface area contributed by atoms with Crippen molar-refractivity contribution in [1.82, 2.24) is 56.0 Å². The van der Waals surface area contributed by atoms with E-state index in [9.17, 15) is 52.7 Å². The largest absolute Gasteiger partial charge is 0.345 e. The molecule has 0 aromatic rings. The Morgan fingerprint density at radius 2 is 1.09 bits per heavy atom. The van der Waals surface area contributed by atoms with Crippen LogP contribution in [0.1, 0.15) is 61.3 Å². The lowest BCUT2D eigenvalue weighted by molar-refractivity contribution is -0.143. The molecule has 1 fully saturated rings. The Bertz CT molecular complexity index is 1580. The smallest absolute Gasteiger partial charge is 0.335 e. The molecule has 5 N–H and O–H groups in total. The van der Waals surface area contributed by atoms with Crippen LogP contribution in [-0.4, -0.2) is 175 Å². The summed E-state index contributed by atoms with van der Waals surface area (Å²) in [4.78, 5) is 149. The highest BCUT2D eigenvalue weighted by Crippen LogP contribution is 2.17. The van der Waals surface area contributed by atoms with Crippen molar-refractivity contribution < 1.29 is 52.7 Å². The molecule has 4 atom stereocenters. The van der Waals surface area contributed by atoms with Gasteiger partial charge in [-0.1, -0.05) is 41.5 Å². The predicted octanol–water partition coefficient (Wildman–Crippen LogP) is -0.459. The fourth-order valence-corrected chi connectivity index (χ4v) is 5.42. The molecular formula is C35H59N11O11. The number of hydrogen-bond donors (Lipinski definition) is 5. The number of rotatable bonds is 5. The third kappa shape index (κ3) is 14.0. The average Bonchev–Trinajstić information content (AvgIpc) is 3.13. The molecule has 320 valence electrons. The van der Waals surface area contributed by atoms with Crippen molar-refractivity contribution in [3.63, 3.8) is 0 Å². The molecule has 0 spiro atoms. The van der Waals surface area contributed by atoms with Gasteiger partial charge in [-0.15, -0.1) is 0 Å². The Morgan fingerprint density at radius 1 is 0.561 bits per heavy atom. The molecular weight excluding hydrogens is 750 g/mol. The first-order valence-electron chi connectivity index (χ1n) is 18.3. The second kappa shape index (κ2) is 21.5. The van der Waals surface area contributed by atoms with Gasteiger partial charge < -0.3 is 30.7 Å². The van der Waals surface area contributed by atoms with Crippen LogP contribution < -0.4 is 26.6 Å². The summed E-state index contributed by atoms with van der Waals surface area (Å²) in [6, 6.07) is -10.9. The number of carbonyl (C=O) groups is 11. The molecule has 0 aliphatic carbocycles. The molecule has 22 nitrogen and oxygen atoms in total. The maximum absolute atomic E-state index is 13.8. The Labute approximate surface area is 332 Å². The molecule has 0 bridgehead atoms. The lowest BCUT2D eigenvalue weighted by atomic mass is 9.98. The van der Waals surface area contributed by atoms with E-state index < -0.39 is 109 Å². The van der Waals surface area contributed by atoms with Crippen molar-refractivity contribution in [2.75, 3.05) is 55.4 Å². The van der Waals surface area contributed by atoms with Crippen LogP contribution in [0.25, 0.3) is 0 Å². The van der Waals surface area contributed by atoms with Gasteiger partial charge in [-0.3, -0.25) is 44.3 Å². The molecule has 0 radical (unpaired) electrons. The van der Waals surface area contributed by atoms with Gasteiger partial charge in [-0.05, 0) is 37.5 Å². The number of carbonyl (C=O) groups excluding carboxylic acids is 11. The minimum atomic E-state index is -1.34. The van der Waals surface area contributed by atoms with Gasteiger partial charge in [0.15, 0.2) is 0 Å². The number of imide groups is 5. The van der Waals surface area contributed by atoms with Crippen LogP contribution in [0.3, 0.4) is 0 Å². The van der Waals surface area contributed by atoms with Crippen LogP contribution in [0.15, 0.2) is 0 Å². The van der Waals surface area contributed by atoms with Crippen LogP contribution in [0.2, 0.25) is 0 Å². The van der Waals surface area contributed by atoms with Crippen molar-refractivity contribution in [2.45, 2.75) is 85.5 Å². The standard InChI is InChI=1S/C35H59N11O11/c1-18(2)14-22-28(50)37-21(7)27(49)39-32(54)43(10)23(15-19(3)4)29(51)44(11)34(56)46(13)35(57)45(12)33(55)40-31(53)41(8)17-25(48)36-16-24(47)38-26(20(5)6)30(52)42(22)9/h18-23,26H,14-17H2,1-13H3,(H,36,48)(H,37,50)(H,38,47)(H,39,49,54)(H,40,53,55)/t21-,22+,23-,26?/m1/s1. The van der Waals surface area contributed by atoms with E-state index >= 15 is 0 Å². The Balaban J connectivity index is 3.61. The summed E-state index contributed by atoms with van der Waals surface area (Å²) in [5.74, 6) is -5.72. The second-order valence-electron chi connectivity index (χ2n) is 15.1. The lowest BCUT2D eigenvalue weighted by Crippen LogP contribution is -2.60. The molecule has 1 aliphatic rings.